The van der Waals surface area contributed by atoms with Crippen molar-refractivity contribution < 1.29 is 23.5 Å². The molecule has 5 rings (SSSR count). The molecule has 184 valence electrons. The van der Waals surface area contributed by atoms with E-state index in [1.54, 1.807) is 18.2 Å². The van der Waals surface area contributed by atoms with Crippen LogP contribution in [0.15, 0.2) is 42.5 Å². The number of hydrogen-bond donors (Lipinski definition) is 3. The van der Waals surface area contributed by atoms with E-state index in [4.69, 9.17) is 4.74 Å². The fraction of sp³-hybridized carbons (Fsp3) is 0.444. The van der Waals surface area contributed by atoms with E-state index in [0.717, 1.165) is 37.7 Å². The van der Waals surface area contributed by atoms with Crippen LogP contribution in [0, 0.1) is 11.7 Å². The van der Waals surface area contributed by atoms with Crippen molar-refractivity contribution in [3.8, 4) is 0 Å². The molecule has 2 heterocycles. The molecular formula is C27H30FN3O4. The second kappa shape index (κ2) is 9.77. The summed E-state index contributed by atoms with van der Waals surface area (Å²) < 4.78 is 19.6. The van der Waals surface area contributed by atoms with Gasteiger partial charge in [0.1, 0.15) is 11.9 Å². The highest BCUT2D eigenvalue weighted by Gasteiger charge is 2.47. The molecule has 1 aliphatic carbocycles. The maximum absolute atomic E-state index is 14.2. The lowest BCUT2D eigenvalue weighted by atomic mass is 9.75. The molecule has 1 atom stereocenters. The first-order valence-electron chi connectivity index (χ1n) is 12.4. The van der Waals surface area contributed by atoms with Crippen LogP contribution in [-0.2, 0) is 19.7 Å². The Morgan fingerprint density at radius 3 is 2.54 bits per heavy atom. The van der Waals surface area contributed by atoms with Crippen molar-refractivity contribution in [1.82, 2.24) is 5.32 Å². The highest BCUT2D eigenvalue weighted by molar-refractivity contribution is 6.07. The number of ether oxygens (including phenoxy) is 1. The quantitative estimate of drug-likeness (QED) is 0.601. The van der Waals surface area contributed by atoms with Gasteiger partial charge in [-0.2, -0.15) is 0 Å². The summed E-state index contributed by atoms with van der Waals surface area (Å²) in [5.41, 5.74) is 1.51. The van der Waals surface area contributed by atoms with Crippen LogP contribution < -0.4 is 16.0 Å². The monoisotopic (exact) mass is 479 g/mol. The topological polar surface area (TPSA) is 96.5 Å². The molecule has 1 unspecified atom stereocenters. The Morgan fingerprint density at radius 1 is 1.06 bits per heavy atom. The second-order valence-corrected chi connectivity index (χ2v) is 9.73. The first-order valence-corrected chi connectivity index (χ1v) is 12.4. The Hall–Kier alpha value is -3.26. The molecule has 3 aliphatic rings. The van der Waals surface area contributed by atoms with E-state index in [2.05, 4.69) is 16.0 Å². The Kier molecular flexibility index (Phi) is 6.56. The summed E-state index contributed by atoms with van der Waals surface area (Å²) in [6.45, 7) is 1.08. The van der Waals surface area contributed by atoms with Gasteiger partial charge in [0, 0.05) is 24.6 Å². The Balaban J connectivity index is 1.35. The van der Waals surface area contributed by atoms with E-state index >= 15 is 0 Å². The molecule has 1 saturated carbocycles. The fourth-order valence-electron chi connectivity index (χ4n) is 5.67. The summed E-state index contributed by atoms with van der Waals surface area (Å²) in [6, 6.07) is 10.4. The Labute approximate surface area is 203 Å². The molecule has 0 aromatic heterocycles. The van der Waals surface area contributed by atoms with Gasteiger partial charge in [-0.15, -0.1) is 0 Å². The van der Waals surface area contributed by atoms with E-state index in [9.17, 15) is 18.8 Å². The van der Waals surface area contributed by atoms with Gasteiger partial charge in [0.05, 0.1) is 11.0 Å². The zero-order valence-corrected chi connectivity index (χ0v) is 19.6. The van der Waals surface area contributed by atoms with Gasteiger partial charge in [-0.1, -0.05) is 37.5 Å². The van der Waals surface area contributed by atoms with Crippen molar-refractivity contribution in [2.24, 2.45) is 5.92 Å². The smallest absolute Gasteiger partial charge is 0.254 e. The maximum Gasteiger partial charge on any atom is 0.254 e. The molecule has 2 aliphatic heterocycles. The SMILES string of the molecule is O=C(NC(C(=O)Nc1ccc2c(c1)NC(=O)C21CCOCC1)C1CCCCC1)c1ccccc1F. The van der Waals surface area contributed by atoms with Crippen molar-refractivity contribution in [2.45, 2.75) is 56.4 Å². The van der Waals surface area contributed by atoms with E-state index in [1.165, 1.54) is 18.2 Å². The van der Waals surface area contributed by atoms with E-state index in [1.807, 2.05) is 6.07 Å². The normalized spacial score (nSPS) is 20.1. The number of amides is 3. The third-order valence-electron chi connectivity index (χ3n) is 7.64. The number of carbonyl (C=O) groups excluding carboxylic acids is 3. The molecule has 3 N–H and O–H groups in total. The van der Waals surface area contributed by atoms with Gasteiger partial charge in [0.25, 0.3) is 5.91 Å². The van der Waals surface area contributed by atoms with Gasteiger partial charge < -0.3 is 20.7 Å². The van der Waals surface area contributed by atoms with Crippen molar-refractivity contribution in [2.75, 3.05) is 23.8 Å². The minimum atomic E-state index is -0.785. The summed E-state index contributed by atoms with van der Waals surface area (Å²) in [7, 11) is 0. The number of nitrogens with one attached hydrogen (secondary N) is 3. The molecule has 2 fully saturated rings. The van der Waals surface area contributed by atoms with Crippen LogP contribution in [0.25, 0.3) is 0 Å². The first-order chi connectivity index (χ1) is 17.0. The molecule has 1 saturated heterocycles. The van der Waals surface area contributed by atoms with E-state index in [0.29, 0.717) is 37.4 Å². The standard InChI is InChI=1S/C27H30FN3O4/c28-21-9-5-4-8-19(21)24(32)31-23(17-6-2-1-3-7-17)25(33)29-18-10-11-20-22(16-18)30-26(34)27(20)12-14-35-15-13-27/h4-5,8-11,16-17,23H,1-3,6-7,12-15H2,(H,29,33)(H,30,34)(H,31,32). The highest BCUT2D eigenvalue weighted by Crippen LogP contribution is 2.45. The fourth-order valence-corrected chi connectivity index (χ4v) is 5.67. The predicted molar refractivity (Wildman–Crippen MR) is 130 cm³/mol. The lowest BCUT2D eigenvalue weighted by molar-refractivity contribution is -0.124. The highest BCUT2D eigenvalue weighted by atomic mass is 19.1. The number of benzene rings is 2. The van der Waals surface area contributed by atoms with Crippen LogP contribution in [-0.4, -0.2) is 37.0 Å². The summed E-state index contributed by atoms with van der Waals surface area (Å²) >= 11 is 0. The number of halogens is 1. The zero-order valence-electron chi connectivity index (χ0n) is 19.6. The van der Waals surface area contributed by atoms with Gasteiger partial charge in [-0.05, 0) is 61.4 Å². The van der Waals surface area contributed by atoms with Crippen LogP contribution in [0.3, 0.4) is 0 Å². The van der Waals surface area contributed by atoms with Crippen LogP contribution >= 0.6 is 0 Å². The third-order valence-corrected chi connectivity index (χ3v) is 7.64. The molecule has 2 aromatic carbocycles. The molecule has 1 spiro atoms. The lowest BCUT2D eigenvalue weighted by Gasteiger charge is -2.31. The van der Waals surface area contributed by atoms with Crippen molar-refractivity contribution in [3.05, 3.63) is 59.4 Å². The first kappa shape index (κ1) is 23.5. The van der Waals surface area contributed by atoms with Crippen LogP contribution in [0.1, 0.15) is 60.9 Å². The number of fused-ring (bicyclic) bond motifs is 2. The van der Waals surface area contributed by atoms with Gasteiger partial charge in [-0.25, -0.2) is 4.39 Å². The minimum Gasteiger partial charge on any atom is -0.381 e. The molecule has 2 aromatic rings. The lowest BCUT2D eigenvalue weighted by Crippen LogP contribution is -2.49. The van der Waals surface area contributed by atoms with Crippen LogP contribution in [0.5, 0.6) is 0 Å². The maximum atomic E-state index is 14.2. The summed E-state index contributed by atoms with van der Waals surface area (Å²) in [5, 5.41) is 8.69. The molecule has 0 radical (unpaired) electrons. The Bertz CT molecular complexity index is 1140. The summed E-state index contributed by atoms with van der Waals surface area (Å²) in [4.78, 5) is 39.1. The molecule has 0 bridgehead atoms. The molecule has 8 heteroatoms. The van der Waals surface area contributed by atoms with Crippen molar-refractivity contribution in [1.29, 1.82) is 0 Å². The molecule has 35 heavy (non-hydrogen) atoms. The van der Waals surface area contributed by atoms with Crippen molar-refractivity contribution >= 4 is 29.1 Å². The summed E-state index contributed by atoms with van der Waals surface area (Å²) in [6.07, 6.45) is 5.97. The van der Waals surface area contributed by atoms with Crippen molar-refractivity contribution in [3.63, 3.8) is 0 Å². The minimum absolute atomic E-state index is 0.0286. The van der Waals surface area contributed by atoms with Gasteiger partial charge in [0.15, 0.2) is 0 Å². The average Bonchev–Trinajstić information content (AvgIpc) is 3.13. The molecular weight excluding hydrogens is 449 g/mol. The Morgan fingerprint density at radius 2 is 1.80 bits per heavy atom. The van der Waals surface area contributed by atoms with Gasteiger partial charge in [-0.3, -0.25) is 14.4 Å². The van der Waals surface area contributed by atoms with Crippen LogP contribution in [0.2, 0.25) is 0 Å². The third kappa shape index (κ3) is 4.55. The molecule has 3 amide bonds. The number of anilines is 2. The second-order valence-electron chi connectivity index (χ2n) is 9.73. The summed E-state index contributed by atoms with van der Waals surface area (Å²) in [5.74, 6) is -1.62. The van der Waals surface area contributed by atoms with E-state index < -0.39 is 23.2 Å². The number of hydrogen-bond acceptors (Lipinski definition) is 4. The van der Waals surface area contributed by atoms with Gasteiger partial charge >= 0.3 is 0 Å². The average molecular weight is 480 g/mol. The molecule has 7 nitrogen and oxygen atoms in total. The van der Waals surface area contributed by atoms with Gasteiger partial charge in [0.2, 0.25) is 11.8 Å². The predicted octanol–water partition coefficient (Wildman–Crippen LogP) is 4.14. The number of carbonyl (C=O) groups is 3. The van der Waals surface area contributed by atoms with E-state index in [-0.39, 0.29) is 23.3 Å². The number of rotatable bonds is 5. The zero-order chi connectivity index (χ0) is 24.4. The largest absolute Gasteiger partial charge is 0.381 e. The van der Waals surface area contributed by atoms with Crippen LogP contribution in [0.4, 0.5) is 15.8 Å².